The molecule has 1 aromatic rings. The van der Waals surface area contributed by atoms with Crippen LogP contribution < -0.4 is 0 Å². The first-order chi connectivity index (χ1) is 5.20. The van der Waals surface area contributed by atoms with Crippen molar-refractivity contribution in [2.24, 2.45) is 0 Å². The van der Waals surface area contributed by atoms with Gasteiger partial charge in [-0.3, -0.25) is 4.57 Å². The number of nitrogens with zero attached hydrogens (tertiary/aromatic N) is 2. The minimum absolute atomic E-state index is 0.225. The smallest absolute Gasteiger partial charge is 0.267 e. The number of halogens is 1. The van der Waals surface area contributed by atoms with Crippen molar-refractivity contribution in [1.29, 1.82) is 0 Å². The van der Waals surface area contributed by atoms with E-state index in [1.54, 1.807) is 0 Å². The molecule has 0 aromatic carbocycles. The average Bonchev–Trinajstić information content (AvgIpc) is 1.88. The predicted molar refractivity (Wildman–Crippen MR) is 38.8 cm³/mol. The van der Waals surface area contributed by atoms with Crippen molar-refractivity contribution < 1.29 is 14.8 Å². The summed E-state index contributed by atoms with van der Waals surface area (Å²) in [5, 5.41) is 17.0. The fraction of sp³-hybridized carbons (Fsp3) is 0. The Morgan fingerprint density at radius 2 is 1.73 bits per heavy atom. The minimum atomic E-state index is -0.361. The Kier molecular flexibility index (Phi) is 5.33. The average molecular weight is 195 g/mol. The zero-order valence-electron chi connectivity index (χ0n) is 5.18. The molecule has 1 rings (SSSR count). The zero-order chi connectivity index (χ0) is 8.69. The lowest BCUT2D eigenvalue weighted by Crippen LogP contribution is -1.75. The first kappa shape index (κ1) is 10.1. The number of aromatic hydroxyl groups is 2. The van der Waals surface area contributed by atoms with E-state index in [1.165, 1.54) is 0 Å². The quantitative estimate of drug-likeness (QED) is 0.609. The third-order valence-electron chi connectivity index (χ3n) is 0.638. The van der Waals surface area contributed by atoms with Crippen LogP contribution in [-0.2, 0) is 4.57 Å². The third kappa shape index (κ3) is 5.51. The van der Waals surface area contributed by atoms with E-state index in [-0.39, 0.29) is 19.6 Å². The lowest BCUT2D eigenvalue weighted by atomic mass is 10.6. The fourth-order valence-corrected chi connectivity index (χ4v) is 0.337. The Balaban J connectivity index is 0.000000292. The van der Waals surface area contributed by atoms with Crippen molar-refractivity contribution in [3.05, 3.63) is 12.4 Å². The summed E-state index contributed by atoms with van der Waals surface area (Å²) in [4.78, 5) is 6.65. The highest BCUT2D eigenvalue weighted by molar-refractivity contribution is 7.57. The summed E-state index contributed by atoms with van der Waals surface area (Å²) in [6.45, 7) is 0. The summed E-state index contributed by atoms with van der Waals surface area (Å²) < 4.78 is 8.67. The fourth-order valence-electron chi connectivity index (χ4n) is 0.337. The van der Waals surface area contributed by atoms with Gasteiger partial charge in [-0.2, -0.15) is 0 Å². The zero-order valence-corrected chi connectivity index (χ0v) is 6.83. The molecule has 1 heterocycles. The summed E-state index contributed by atoms with van der Waals surface area (Å²) in [6, 6.07) is 1.06. The van der Waals surface area contributed by atoms with E-state index in [0.717, 1.165) is 12.4 Å². The lowest BCUT2D eigenvalue weighted by Gasteiger charge is -1.87. The second kappa shape index (κ2) is 5.82. The molecule has 0 saturated carbocycles. The highest BCUT2D eigenvalue weighted by Crippen LogP contribution is 2.07. The number of hydrogen-bond donors (Lipinski definition) is 2. The van der Waals surface area contributed by atoms with Crippen LogP contribution in [0.4, 0.5) is 0 Å². The Labute approximate surface area is 68.7 Å². The van der Waals surface area contributed by atoms with Crippen LogP contribution in [0.3, 0.4) is 0 Å². The molecule has 60 valence electrons. The van der Waals surface area contributed by atoms with Gasteiger partial charge >= 0.3 is 0 Å². The summed E-state index contributed by atoms with van der Waals surface area (Å²) in [6.07, 6.45) is 1.07. The van der Waals surface area contributed by atoms with E-state index < -0.39 is 0 Å². The molecule has 0 fully saturated rings. The van der Waals surface area contributed by atoms with E-state index in [4.69, 9.17) is 14.8 Å². The van der Waals surface area contributed by atoms with Gasteiger partial charge in [-0.25, -0.2) is 9.97 Å². The molecule has 0 aliphatic rings. The monoisotopic (exact) mass is 194 g/mol. The predicted octanol–water partition coefficient (Wildman–Crippen LogP) is 1.32. The SMILES string of the molecule is O=PCl.Oc1cc(O)ncn1. The maximum atomic E-state index is 8.67. The molecule has 0 atom stereocenters. The van der Waals surface area contributed by atoms with Crippen LogP contribution >= 0.6 is 19.1 Å². The van der Waals surface area contributed by atoms with Crippen LogP contribution in [-0.4, -0.2) is 20.2 Å². The summed E-state index contributed by atoms with van der Waals surface area (Å²) >= 11 is 4.42. The van der Waals surface area contributed by atoms with E-state index >= 15 is 0 Å². The molecular formula is C4H4ClN2O3P. The minimum Gasteiger partial charge on any atom is -0.493 e. The van der Waals surface area contributed by atoms with Crippen molar-refractivity contribution in [3.63, 3.8) is 0 Å². The van der Waals surface area contributed by atoms with Gasteiger partial charge in [0.2, 0.25) is 11.8 Å². The highest BCUT2D eigenvalue weighted by atomic mass is 35.7. The second-order valence-corrected chi connectivity index (χ2v) is 1.86. The van der Waals surface area contributed by atoms with Crippen LogP contribution in [0.25, 0.3) is 0 Å². The molecule has 1 aromatic heterocycles. The van der Waals surface area contributed by atoms with Gasteiger partial charge in [0, 0.05) is 0 Å². The van der Waals surface area contributed by atoms with E-state index in [0.29, 0.717) is 0 Å². The number of aromatic nitrogens is 2. The molecule has 0 unspecified atom stereocenters. The van der Waals surface area contributed by atoms with Crippen LogP contribution in [0, 0.1) is 0 Å². The molecule has 11 heavy (non-hydrogen) atoms. The Hall–Kier alpha value is -0.930. The standard InChI is InChI=1S/C4H4N2O2.ClOP/c7-3-1-4(8)6-2-5-3;1-3-2/h1-2H,(H2,5,6,7,8);. The van der Waals surface area contributed by atoms with E-state index in [2.05, 4.69) is 21.2 Å². The van der Waals surface area contributed by atoms with Crippen LogP contribution in [0.2, 0.25) is 0 Å². The van der Waals surface area contributed by atoms with Crippen molar-refractivity contribution >= 4 is 19.1 Å². The van der Waals surface area contributed by atoms with Crippen LogP contribution in [0.15, 0.2) is 12.4 Å². The van der Waals surface area contributed by atoms with Crippen molar-refractivity contribution in [2.45, 2.75) is 0 Å². The van der Waals surface area contributed by atoms with Crippen molar-refractivity contribution in [2.75, 3.05) is 0 Å². The van der Waals surface area contributed by atoms with Gasteiger partial charge in [0.05, 0.1) is 6.07 Å². The van der Waals surface area contributed by atoms with E-state index in [9.17, 15) is 0 Å². The van der Waals surface area contributed by atoms with Crippen LogP contribution in [0.5, 0.6) is 11.8 Å². The molecule has 7 heteroatoms. The highest BCUT2D eigenvalue weighted by Gasteiger charge is 1.88. The molecular weight excluding hydrogens is 190 g/mol. The van der Waals surface area contributed by atoms with Gasteiger partial charge in [0.15, 0.2) is 0 Å². The van der Waals surface area contributed by atoms with Crippen molar-refractivity contribution in [3.8, 4) is 11.8 Å². The maximum Gasteiger partial charge on any atom is 0.267 e. The van der Waals surface area contributed by atoms with Gasteiger partial charge < -0.3 is 10.2 Å². The third-order valence-corrected chi connectivity index (χ3v) is 0.638. The van der Waals surface area contributed by atoms with Gasteiger partial charge in [-0.15, -0.1) is 0 Å². The van der Waals surface area contributed by atoms with Gasteiger partial charge in [-0.05, 0) is 11.2 Å². The van der Waals surface area contributed by atoms with Gasteiger partial charge in [0.25, 0.3) is 7.81 Å². The van der Waals surface area contributed by atoms with Crippen molar-refractivity contribution in [1.82, 2.24) is 9.97 Å². The molecule has 0 bridgehead atoms. The summed E-state index contributed by atoms with van der Waals surface area (Å²) in [5.41, 5.74) is 0. The molecule has 0 saturated heterocycles. The summed E-state index contributed by atoms with van der Waals surface area (Å²) in [5.74, 6) is -0.449. The Bertz CT molecular complexity index is 217. The Morgan fingerprint density at radius 1 is 1.36 bits per heavy atom. The van der Waals surface area contributed by atoms with Crippen LogP contribution in [0.1, 0.15) is 0 Å². The first-order valence-electron chi connectivity index (χ1n) is 2.34. The number of rotatable bonds is 0. The second-order valence-electron chi connectivity index (χ2n) is 1.30. The molecule has 0 aliphatic carbocycles. The first-order valence-corrected chi connectivity index (χ1v) is 4.06. The summed E-state index contributed by atoms with van der Waals surface area (Å²) in [7, 11) is -0.361. The van der Waals surface area contributed by atoms with E-state index in [1.807, 2.05) is 0 Å². The largest absolute Gasteiger partial charge is 0.493 e. The molecule has 0 spiro atoms. The topological polar surface area (TPSA) is 83.3 Å². The molecule has 2 N–H and O–H groups in total. The van der Waals surface area contributed by atoms with Gasteiger partial charge in [-0.1, -0.05) is 0 Å². The lowest BCUT2D eigenvalue weighted by molar-refractivity contribution is 0.421. The van der Waals surface area contributed by atoms with Gasteiger partial charge in [0.1, 0.15) is 6.33 Å². The molecule has 0 radical (unpaired) electrons. The molecule has 0 aliphatic heterocycles. The normalized spacial score (nSPS) is 8.45. The molecule has 0 amide bonds. The molecule has 5 nitrogen and oxygen atoms in total. The Morgan fingerprint density at radius 3 is 1.91 bits per heavy atom. The number of hydrogen-bond acceptors (Lipinski definition) is 5. The maximum absolute atomic E-state index is 8.67.